The zero-order valence-electron chi connectivity index (χ0n) is 15.3. The van der Waals surface area contributed by atoms with Crippen molar-refractivity contribution in [2.45, 2.75) is 12.5 Å². The third kappa shape index (κ3) is 3.88. The van der Waals surface area contributed by atoms with E-state index in [0.717, 1.165) is 0 Å². The van der Waals surface area contributed by atoms with Crippen molar-refractivity contribution in [1.82, 2.24) is 10.6 Å². The molecule has 4 rings (SSSR count). The molecule has 0 saturated heterocycles. The summed E-state index contributed by atoms with van der Waals surface area (Å²) in [6.45, 7) is 0.116. The van der Waals surface area contributed by atoms with Crippen LogP contribution in [0.3, 0.4) is 0 Å². The van der Waals surface area contributed by atoms with Crippen LogP contribution in [-0.4, -0.2) is 42.8 Å². The molecular weight excluding hydrogens is 376 g/mol. The van der Waals surface area contributed by atoms with Crippen LogP contribution in [0.4, 0.5) is 11.4 Å². The number of hydrogen-bond donors (Lipinski definition) is 4. The topological polar surface area (TPSA) is 126 Å². The lowest BCUT2D eigenvalue weighted by Crippen LogP contribution is -2.43. The molecule has 4 amide bonds. The largest absolute Gasteiger partial charge is 0.482 e. The van der Waals surface area contributed by atoms with E-state index in [1.807, 2.05) is 0 Å². The number of carbonyl (C=O) groups excluding carboxylic acids is 4. The number of hydrogen-bond acceptors (Lipinski definition) is 5. The Balaban J connectivity index is 1.36. The highest BCUT2D eigenvalue weighted by atomic mass is 16.5. The van der Waals surface area contributed by atoms with Gasteiger partial charge in [-0.1, -0.05) is 12.1 Å². The van der Waals surface area contributed by atoms with Crippen LogP contribution in [0, 0.1) is 0 Å². The van der Waals surface area contributed by atoms with Gasteiger partial charge in [0.15, 0.2) is 6.61 Å². The van der Waals surface area contributed by atoms with Gasteiger partial charge in [0, 0.05) is 12.1 Å². The molecule has 1 atom stereocenters. The van der Waals surface area contributed by atoms with Crippen molar-refractivity contribution in [1.29, 1.82) is 0 Å². The minimum atomic E-state index is -0.772. The van der Waals surface area contributed by atoms with Crippen LogP contribution in [0.15, 0.2) is 42.5 Å². The molecule has 9 heteroatoms. The number of nitrogens with one attached hydrogen (secondary N) is 4. The van der Waals surface area contributed by atoms with Gasteiger partial charge in [-0.3, -0.25) is 19.2 Å². The predicted molar refractivity (Wildman–Crippen MR) is 104 cm³/mol. The first-order chi connectivity index (χ1) is 14.0. The maximum Gasteiger partial charge on any atom is 0.262 e. The molecule has 0 aromatic heterocycles. The summed E-state index contributed by atoms with van der Waals surface area (Å²) in [7, 11) is 0. The van der Waals surface area contributed by atoms with Gasteiger partial charge >= 0.3 is 0 Å². The van der Waals surface area contributed by atoms with Crippen LogP contribution in [0.1, 0.15) is 27.1 Å². The van der Waals surface area contributed by atoms with Gasteiger partial charge in [-0.2, -0.15) is 0 Å². The van der Waals surface area contributed by atoms with Crippen molar-refractivity contribution in [2.75, 3.05) is 23.8 Å². The van der Waals surface area contributed by atoms with E-state index in [1.165, 1.54) is 6.07 Å². The molecule has 148 valence electrons. The smallest absolute Gasteiger partial charge is 0.262 e. The molecular formula is C20H18N4O5. The lowest BCUT2D eigenvalue weighted by Gasteiger charge is -2.18. The average Bonchev–Trinajstić information content (AvgIpc) is 2.83. The molecule has 0 radical (unpaired) electrons. The molecule has 0 aliphatic carbocycles. The SMILES string of the molecule is O=C1COc2ccc(C(=O)NCCC3NC(=O)c4ccccc4NC3=O)cc2N1. The quantitative estimate of drug-likeness (QED) is 0.613. The van der Waals surface area contributed by atoms with E-state index in [-0.39, 0.29) is 43.2 Å². The number of rotatable bonds is 4. The number of para-hydroxylation sites is 1. The first-order valence-corrected chi connectivity index (χ1v) is 9.07. The summed E-state index contributed by atoms with van der Waals surface area (Å²) in [5.41, 5.74) is 1.63. The number of anilines is 2. The second kappa shape index (κ2) is 7.63. The van der Waals surface area contributed by atoms with Gasteiger partial charge in [-0.05, 0) is 36.8 Å². The summed E-state index contributed by atoms with van der Waals surface area (Å²) in [5.74, 6) is -0.840. The Morgan fingerprint density at radius 3 is 2.76 bits per heavy atom. The fraction of sp³-hybridized carbons (Fsp3) is 0.200. The van der Waals surface area contributed by atoms with Crippen molar-refractivity contribution in [2.24, 2.45) is 0 Å². The number of fused-ring (bicyclic) bond motifs is 2. The molecule has 2 aliphatic heterocycles. The predicted octanol–water partition coefficient (Wildman–Crippen LogP) is 0.888. The monoisotopic (exact) mass is 394 g/mol. The number of benzene rings is 2. The van der Waals surface area contributed by atoms with E-state index in [9.17, 15) is 19.2 Å². The average molecular weight is 394 g/mol. The second-order valence-corrected chi connectivity index (χ2v) is 6.65. The molecule has 4 N–H and O–H groups in total. The highest BCUT2D eigenvalue weighted by Crippen LogP contribution is 2.28. The van der Waals surface area contributed by atoms with E-state index in [0.29, 0.717) is 28.3 Å². The third-order valence-electron chi connectivity index (χ3n) is 4.64. The Morgan fingerprint density at radius 1 is 1.07 bits per heavy atom. The molecule has 0 bridgehead atoms. The Morgan fingerprint density at radius 2 is 1.90 bits per heavy atom. The molecule has 29 heavy (non-hydrogen) atoms. The first kappa shape index (κ1) is 18.5. The molecule has 2 aliphatic rings. The molecule has 2 heterocycles. The van der Waals surface area contributed by atoms with Crippen LogP contribution < -0.4 is 26.0 Å². The van der Waals surface area contributed by atoms with E-state index in [2.05, 4.69) is 21.3 Å². The minimum absolute atomic E-state index is 0.0580. The van der Waals surface area contributed by atoms with Crippen LogP contribution >= 0.6 is 0 Å². The first-order valence-electron chi connectivity index (χ1n) is 9.07. The van der Waals surface area contributed by atoms with Crippen molar-refractivity contribution in [3.05, 3.63) is 53.6 Å². The fourth-order valence-electron chi connectivity index (χ4n) is 3.17. The van der Waals surface area contributed by atoms with Crippen molar-refractivity contribution >= 4 is 35.0 Å². The van der Waals surface area contributed by atoms with Gasteiger partial charge < -0.3 is 26.0 Å². The van der Waals surface area contributed by atoms with E-state index in [1.54, 1.807) is 36.4 Å². The van der Waals surface area contributed by atoms with Crippen LogP contribution in [0.5, 0.6) is 5.75 Å². The van der Waals surface area contributed by atoms with Crippen LogP contribution in [0.25, 0.3) is 0 Å². The Hall–Kier alpha value is -3.88. The number of amides is 4. The molecule has 2 aromatic rings. The zero-order valence-corrected chi connectivity index (χ0v) is 15.3. The van der Waals surface area contributed by atoms with Crippen molar-refractivity contribution < 1.29 is 23.9 Å². The lowest BCUT2D eigenvalue weighted by atomic mass is 10.1. The summed E-state index contributed by atoms with van der Waals surface area (Å²) in [6, 6.07) is 10.7. The van der Waals surface area contributed by atoms with Gasteiger partial charge in [0.1, 0.15) is 11.8 Å². The van der Waals surface area contributed by atoms with E-state index < -0.39 is 6.04 Å². The minimum Gasteiger partial charge on any atom is -0.482 e. The highest BCUT2D eigenvalue weighted by Gasteiger charge is 2.27. The van der Waals surface area contributed by atoms with Gasteiger partial charge in [0.25, 0.3) is 17.7 Å². The second-order valence-electron chi connectivity index (χ2n) is 6.65. The normalized spacial score (nSPS) is 17.5. The van der Waals surface area contributed by atoms with E-state index >= 15 is 0 Å². The lowest BCUT2D eigenvalue weighted by molar-refractivity contribution is -0.119. The van der Waals surface area contributed by atoms with E-state index in [4.69, 9.17) is 4.74 Å². The Bertz CT molecular complexity index is 1020. The standard InChI is InChI=1S/C20H18N4O5/c25-17-10-29-16-6-5-11(9-15(16)22-17)18(26)21-8-7-14-20(28)23-13-4-2-1-3-12(13)19(27)24-14/h1-6,9,14H,7-8,10H2,(H,21,26)(H,22,25)(H,23,28)(H,24,27). The maximum atomic E-state index is 12.4. The fourth-order valence-corrected chi connectivity index (χ4v) is 3.17. The summed E-state index contributed by atoms with van der Waals surface area (Å²) in [6.07, 6.45) is 0.224. The van der Waals surface area contributed by atoms with Gasteiger partial charge in [0.05, 0.1) is 16.9 Å². The molecule has 1 unspecified atom stereocenters. The molecule has 9 nitrogen and oxygen atoms in total. The summed E-state index contributed by atoms with van der Waals surface area (Å²) < 4.78 is 5.26. The molecule has 0 saturated carbocycles. The summed E-state index contributed by atoms with van der Waals surface area (Å²) in [5, 5.41) is 10.8. The molecule has 0 fully saturated rings. The van der Waals surface area contributed by atoms with Crippen LogP contribution in [0.2, 0.25) is 0 Å². The molecule has 0 spiro atoms. The highest BCUT2D eigenvalue weighted by molar-refractivity contribution is 6.09. The summed E-state index contributed by atoms with van der Waals surface area (Å²) in [4.78, 5) is 48.5. The number of ether oxygens (including phenoxy) is 1. The van der Waals surface area contributed by atoms with Gasteiger partial charge in [-0.25, -0.2) is 0 Å². The third-order valence-corrected chi connectivity index (χ3v) is 4.64. The van der Waals surface area contributed by atoms with Gasteiger partial charge in [0.2, 0.25) is 5.91 Å². The Labute approximate surface area is 165 Å². The number of carbonyl (C=O) groups is 4. The van der Waals surface area contributed by atoms with Crippen molar-refractivity contribution in [3.8, 4) is 5.75 Å². The summed E-state index contributed by atoms with van der Waals surface area (Å²) >= 11 is 0. The van der Waals surface area contributed by atoms with Crippen LogP contribution in [-0.2, 0) is 9.59 Å². The molecule has 2 aromatic carbocycles. The maximum absolute atomic E-state index is 12.4. The zero-order chi connectivity index (χ0) is 20.4. The van der Waals surface area contributed by atoms with Gasteiger partial charge in [-0.15, -0.1) is 0 Å². The van der Waals surface area contributed by atoms with Crippen molar-refractivity contribution in [3.63, 3.8) is 0 Å². The Kier molecular flexibility index (Phi) is 4.86.